The quantitative estimate of drug-likeness (QED) is 0.0393. The third-order valence-corrected chi connectivity index (χ3v) is 17.9. The molecule has 0 fully saturated rings. The minimum Gasteiger partial charge on any atom is -0.508 e. The molecule has 20 N–H and O–H groups in total. The Morgan fingerprint density at radius 2 is 0.717 bits per heavy atom. The summed E-state index contributed by atoms with van der Waals surface area (Å²) in [6, 6.07) is -4.86. The molecule has 0 saturated carbocycles. The number of nitrogens with two attached hydrogens (primary N) is 2. The van der Waals surface area contributed by atoms with Crippen molar-refractivity contribution in [2.45, 2.75) is 238 Å². The average molecular weight is 1510 g/mol. The van der Waals surface area contributed by atoms with Gasteiger partial charge in [0.2, 0.25) is 76.8 Å². The summed E-state index contributed by atoms with van der Waals surface area (Å²) in [6.07, 6.45) is -2.03. The first kappa shape index (κ1) is 92.2. The van der Waals surface area contributed by atoms with Gasteiger partial charge in [-0.2, -0.15) is 11.8 Å². The Morgan fingerprint density at radius 1 is 0.387 bits per heavy atom. The van der Waals surface area contributed by atoms with Gasteiger partial charge in [-0.25, -0.2) is 4.79 Å². The van der Waals surface area contributed by atoms with E-state index in [1.54, 1.807) is 85.1 Å². The summed E-state index contributed by atoms with van der Waals surface area (Å²) in [6.45, 7) is 17.6. The van der Waals surface area contributed by atoms with Crippen LogP contribution in [0.4, 0.5) is 0 Å². The van der Waals surface area contributed by atoms with Crippen molar-refractivity contribution in [1.82, 2.24) is 63.8 Å². The number of hydrogen-bond acceptors (Lipinski definition) is 19. The zero-order chi connectivity index (χ0) is 80.2. The van der Waals surface area contributed by atoms with E-state index in [4.69, 9.17) is 11.5 Å². The van der Waals surface area contributed by atoms with E-state index in [0.717, 1.165) is 0 Å². The smallest absolute Gasteiger partial charge is 0.326 e. The summed E-state index contributed by atoms with van der Waals surface area (Å²) >= 11 is 1.33. The predicted molar refractivity (Wildman–Crippen MR) is 391 cm³/mol. The molecule has 0 bridgehead atoms. The van der Waals surface area contributed by atoms with E-state index in [0.29, 0.717) is 23.3 Å². The van der Waals surface area contributed by atoms with E-state index < -0.39 is 224 Å². The number of hydrogen-bond donors (Lipinski definition) is 18. The number of thioether (sulfide) groups is 1. The maximum absolute atomic E-state index is 14.6. The molecule has 590 valence electrons. The number of carboxylic acid groups (broad SMARTS) is 3. The first-order valence-electron chi connectivity index (χ1n) is 35.4. The predicted octanol–water partition coefficient (Wildman–Crippen LogP) is -0.601. The van der Waals surface area contributed by atoms with Crippen LogP contribution >= 0.6 is 11.8 Å². The minimum atomic E-state index is -1.84. The van der Waals surface area contributed by atoms with Gasteiger partial charge in [-0.3, -0.25) is 71.9 Å². The highest BCUT2D eigenvalue weighted by Crippen LogP contribution is 2.18. The fraction of sp³-hybridized carbons (Fsp3) is 0.606. The van der Waals surface area contributed by atoms with Crippen molar-refractivity contribution in [2.75, 3.05) is 12.0 Å². The second-order valence-corrected chi connectivity index (χ2v) is 28.3. The molecule has 106 heavy (non-hydrogen) atoms. The van der Waals surface area contributed by atoms with Gasteiger partial charge in [0.15, 0.2) is 0 Å². The van der Waals surface area contributed by atoms with Crippen LogP contribution in [-0.4, -0.2) is 206 Å². The van der Waals surface area contributed by atoms with E-state index in [9.17, 15) is 97.1 Å². The number of amides is 13. The normalized spacial score (nSPS) is 15.4. The van der Waals surface area contributed by atoms with E-state index >= 15 is 0 Å². The zero-order valence-corrected chi connectivity index (χ0v) is 63.1. The number of phenolic OH excluding ortho intramolecular Hbond substituents is 1. The van der Waals surface area contributed by atoms with Crippen molar-refractivity contribution in [3.8, 4) is 5.75 Å². The van der Waals surface area contributed by atoms with Crippen molar-refractivity contribution in [1.29, 1.82) is 0 Å². The molecule has 0 aliphatic heterocycles. The van der Waals surface area contributed by atoms with Crippen molar-refractivity contribution in [3.63, 3.8) is 0 Å². The third kappa shape index (κ3) is 33.9. The summed E-state index contributed by atoms with van der Waals surface area (Å²) < 4.78 is 0. The number of carboxylic acids is 3. The lowest BCUT2D eigenvalue weighted by Gasteiger charge is -2.30. The Kier molecular flexibility index (Phi) is 40.7. The highest BCUT2D eigenvalue weighted by atomic mass is 32.2. The van der Waals surface area contributed by atoms with Crippen LogP contribution in [0.15, 0.2) is 54.6 Å². The fourth-order valence-electron chi connectivity index (χ4n) is 10.6. The Hall–Kier alpha value is -9.93. The minimum absolute atomic E-state index is 0.0106. The molecule has 0 heterocycles. The lowest BCUT2D eigenvalue weighted by Crippen LogP contribution is -2.61. The highest BCUT2D eigenvalue weighted by Gasteiger charge is 2.39. The Bertz CT molecular complexity index is 3330. The van der Waals surface area contributed by atoms with Gasteiger partial charge < -0.3 is 95.7 Å². The van der Waals surface area contributed by atoms with Gasteiger partial charge >= 0.3 is 17.9 Å². The fourth-order valence-corrected chi connectivity index (χ4v) is 11.0. The number of aliphatic carboxylic acids is 3. The second-order valence-electron chi connectivity index (χ2n) is 27.3. The van der Waals surface area contributed by atoms with Crippen LogP contribution in [0, 0.1) is 23.7 Å². The van der Waals surface area contributed by atoms with Crippen LogP contribution in [0.2, 0.25) is 0 Å². The maximum Gasteiger partial charge on any atom is 0.326 e. The molecule has 0 unspecified atom stereocenters. The first-order valence-corrected chi connectivity index (χ1v) is 36.8. The monoisotopic (exact) mass is 1510 g/mol. The topological polar surface area (TPSA) is 550 Å². The van der Waals surface area contributed by atoms with E-state index in [2.05, 4.69) is 63.8 Å². The maximum atomic E-state index is 14.6. The molecule has 2 aromatic carbocycles. The SMILES string of the molecule is CC[C@H](C)[C@H](NC(=O)[C@H](CCSC)NC(=O)[C@H](CC(C)C)NC(=O)[C@H](CCC(=O)O)NC(=O)[C@H](CCC(=O)O)NC(=O)[C@@H](NC(=O)[C@H](CCC(N)=O)NC(=O)[C@H](Cc1ccc(O)cc1)NC(=O)[C@H](C)NC(=O)[C@H](Cc1ccccc1)NC(=O)[C@H](C)NC(=O)[C@H](C)N)[C@@H](C)CC)C(=O)N[C@@H](CC(C)C)C(=O)O. The number of benzene rings is 2. The molecular weight excluding hydrogens is 1400 g/mol. The molecule has 34 nitrogen and oxygen atoms in total. The number of rotatable bonds is 49. The van der Waals surface area contributed by atoms with Gasteiger partial charge in [-0.1, -0.05) is 111 Å². The van der Waals surface area contributed by atoms with Crippen molar-refractivity contribution < 1.29 is 97.1 Å². The molecular formula is C71H110N14O20S. The number of carbonyl (C=O) groups is 16. The van der Waals surface area contributed by atoms with Crippen molar-refractivity contribution in [2.24, 2.45) is 35.1 Å². The lowest BCUT2D eigenvalue weighted by molar-refractivity contribution is -0.143. The van der Waals surface area contributed by atoms with E-state index in [1.165, 1.54) is 63.7 Å². The van der Waals surface area contributed by atoms with Gasteiger partial charge in [0.25, 0.3) is 0 Å². The summed E-state index contributed by atoms with van der Waals surface area (Å²) in [7, 11) is 0. The lowest BCUT2D eigenvalue weighted by atomic mass is 9.96. The number of aromatic hydroxyl groups is 1. The summed E-state index contributed by atoms with van der Waals surface area (Å²) in [5.41, 5.74) is 12.1. The number of carbonyl (C=O) groups excluding carboxylic acids is 13. The molecule has 15 atom stereocenters. The van der Waals surface area contributed by atoms with Gasteiger partial charge in [0, 0.05) is 32.1 Å². The highest BCUT2D eigenvalue weighted by molar-refractivity contribution is 7.98. The Morgan fingerprint density at radius 3 is 1.10 bits per heavy atom. The number of phenols is 1. The largest absolute Gasteiger partial charge is 0.508 e. The second kappa shape index (κ2) is 46.8. The van der Waals surface area contributed by atoms with Crippen LogP contribution in [0.25, 0.3) is 0 Å². The van der Waals surface area contributed by atoms with Crippen LogP contribution in [-0.2, 0) is 89.6 Å². The Labute approximate surface area is 621 Å². The van der Waals surface area contributed by atoms with Crippen LogP contribution in [0.3, 0.4) is 0 Å². The van der Waals surface area contributed by atoms with Gasteiger partial charge in [0.1, 0.15) is 78.3 Å². The molecule has 0 aliphatic rings. The molecule has 0 aliphatic carbocycles. The molecule has 35 heteroatoms. The molecule has 2 aromatic rings. The van der Waals surface area contributed by atoms with E-state index in [1.807, 2.05) is 0 Å². The number of nitrogens with one attached hydrogen (secondary N) is 12. The molecule has 0 radical (unpaired) electrons. The van der Waals surface area contributed by atoms with Gasteiger partial charge in [0.05, 0.1) is 6.04 Å². The average Bonchev–Trinajstić information content (AvgIpc) is 0.852. The van der Waals surface area contributed by atoms with Crippen LogP contribution in [0.1, 0.15) is 158 Å². The molecule has 13 amide bonds. The van der Waals surface area contributed by atoms with Crippen molar-refractivity contribution >= 4 is 106 Å². The van der Waals surface area contributed by atoms with Crippen LogP contribution < -0.4 is 75.3 Å². The van der Waals surface area contributed by atoms with E-state index in [-0.39, 0.29) is 56.1 Å². The zero-order valence-electron chi connectivity index (χ0n) is 62.3. The van der Waals surface area contributed by atoms with Crippen LogP contribution in [0.5, 0.6) is 5.75 Å². The number of primary amides is 1. The standard InChI is InChI=1S/C71H110N14O20S/c1-13-38(7)57(84-64(97)46(24-27-54(73)87)77-68(101)52(35-44-20-22-45(86)23-21-44)81-61(94)42(11)75-66(99)51(34-43-18-16-15-17-19-43)80-60(93)41(10)74-59(92)40(9)72)69(102)79-48(26-29-56(90)91)62(95)76-47(25-28-55(88)89)63(96)82-50(32-36(3)4)67(100)78-49(30-31-106-12)65(98)85-58(39(8)14-2)70(103)83-53(71(104)105)33-37(5)6/h15-23,36-42,46-53,57-58,86H,13-14,24-35,72H2,1-12H3,(H2,73,87)(H,74,92)(H,75,99)(H,76,95)(H,77,101)(H,78,100)(H,79,102)(H,80,93)(H,81,94)(H,82,96)(H,83,103)(H,84,97)(H,85,98)(H,88,89)(H,90,91)(H,104,105)/t38-,39-,40-,41-,42-,46-,47-,48-,49-,50-,51-,52-,53-,57-,58-/m0/s1. The van der Waals surface area contributed by atoms with Gasteiger partial charge in [-0.15, -0.1) is 0 Å². The van der Waals surface area contributed by atoms with Crippen molar-refractivity contribution in [3.05, 3.63) is 65.7 Å². The van der Waals surface area contributed by atoms with Gasteiger partial charge in [-0.05, 0) is 118 Å². The molecule has 0 saturated heterocycles. The molecule has 2 rings (SSSR count). The summed E-state index contributed by atoms with van der Waals surface area (Å²) in [5, 5.41) is 69.9. The molecule has 0 aromatic heterocycles. The molecule has 0 spiro atoms. The summed E-state index contributed by atoms with van der Waals surface area (Å²) in [4.78, 5) is 217. The Balaban J connectivity index is 2.57. The first-order chi connectivity index (χ1) is 49.7. The third-order valence-electron chi connectivity index (χ3n) is 17.2. The summed E-state index contributed by atoms with van der Waals surface area (Å²) in [5.74, 6) is -18.0.